The maximum Gasteiger partial charge on any atom is 0.291 e. The van der Waals surface area contributed by atoms with Crippen molar-refractivity contribution in [2.45, 2.75) is 0 Å². The zero-order valence-electron chi connectivity index (χ0n) is 19.7. The van der Waals surface area contributed by atoms with Crippen LogP contribution in [-0.2, 0) is 0 Å². The summed E-state index contributed by atoms with van der Waals surface area (Å²) < 4.78 is 9.26. The van der Waals surface area contributed by atoms with Gasteiger partial charge in [-0.15, -0.1) is 5.10 Å². The predicted octanol–water partition coefficient (Wildman–Crippen LogP) is 4.78. The van der Waals surface area contributed by atoms with E-state index in [1.54, 1.807) is 6.08 Å². The second kappa shape index (κ2) is 9.67. The van der Waals surface area contributed by atoms with Crippen LogP contribution in [0.4, 0.5) is 0 Å². The van der Waals surface area contributed by atoms with Crippen molar-refractivity contribution in [3.05, 3.63) is 124 Å². The van der Waals surface area contributed by atoms with Crippen LogP contribution in [-0.4, -0.2) is 31.0 Å². The first-order chi connectivity index (χ1) is 18.2. The molecule has 6 rings (SSSR count). The molecule has 0 aliphatic carbocycles. The summed E-state index contributed by atoms with van der Waals surface area (Å²) in [6, 6.07) is 27.3. The van der Waals surface area contributed by atoms with E-state index >= 15 is 0 Å². The van der Waals surface area contributed by atoms with Crippen molar-refractivity contribution in [1.82, 2.24) is 24.4 Å². The molecular formula is C29H21N5O2S. The number of rotatable bonds is 7. The largest absolute Gasteiger partial charge is 0.490 e. The molecule has 0 spiro atoms. The van der Waals surface area contributed by atoms with Gasteiger partial charge in [-0.3, -0.25) is 4.79 Å². The van der Waals surface area contributed by atoms with E-state index in [4.69, 9.17) is 9.84 Å². The molecule has 0 radical (unpaired) electrons. The number of benzene rings is 3. The molecule has 8 heteroatoms. The van der Waals surface area contributed by atoms with Gasteiger partial charge in [0.25, 0.3) is 5.56 Å². The van der Waals surface area contributed by atoms with Crippen molar-refractivity contribution in [3.63, 3.8) is 0 Å². The number of hydrogen-bond donors (Lipinski definition) is 0. The Bertz CT molecular complexity index is 1800. The van der Waals surface area contributed by atoms with Gasteiger partial charge in [-0.25, -0.2) is 4.68 Å². The number of ether oxygens (including phenoxy) is 1. The Kier molecular flexibility index (Phi) is 5.92. The Hall–Kier alpha value is -4.82. The normalized spacial score (nSPS) is 11.7. The summed E-state index contributed by atoms with van der Waals surface area (Å²) in [4.78, 5) is 18.4. The standard InChI is InChI=1S/C29H21N5O2S/c1-2-17-36-24-15-13-21(14-16-24)27-30-29-34(32-27)28(35)25(37-29)18-22-19-33(23-11-7-4-8-12-23)31-26(22)20-9-5-3-6-10-20/h2-16,18-19H,1,17H2/b25-18-. The summed E-state index contributed by atoms with van der Waals surface area (Å²) in [5, 5.41) is 9.31. The third-order valence-corrected chi connectivity index (χ3v) is 6.72. The Balaban J connectivity index is 1.40. The number of hydrogen-bond acceptors (Lipinski definition) is 6. The molecule has 3 aromatic carbocycles. The number of fused-ring (bicyclic) bond motifs is 1. The molecule has 7 nitrogen and oxygen atoms in total. The third kappa shape index (κ3) is 4.46. The number of para-hydroxylation sites is 1. The van der Waals surface area contributed by atoms with Crippen molar-refractivity contribution in [2.24, 2.45) is 0 Å². The van der Waals surface area contributed by atoms with Gasteiger partial charge in [0.05, 0.1) is 15.9 Å². The third-order valence-electron chi connectivity index (χ3n) is 5.76. The van der Waals surface area contributed by atoms with E-state index in [1.807, 2.05) is 102 Å². The predicted molar refractivity (Wildman–Crippen MR) is 146 cm³/mol. The minimum atomic E-state index is -0.212. The lowest BCUT2D eigenvalue weighted by Crippen LogP contribution is -2.23. The van der Waals surface area contributed by atoms with Gasteiger partial charge in [0.1, 0.15) is 12.4 Å². The molecule has 180 valence electrons. The van der Waals surface area contributed by atoms with Crippen LogP contribution in [0.25, 0.3) is 39.4 Å². The summed E-state index contributed by atoms with van der Waals surface area (Å²) in [5.41, 5.74) is 4.14. The SMILES string of the molecule is C=CCOc1ccc(-c2nc3s/c(=C\c4cn(-c5ccccc5)nc4-c4ccccc4)c(=O)n3n2)cc1. The minimum absolute atomic E-state index is 0.212. The Morgan fingerprint density at radius 3 is 2.32 bits per heavy atom. The highest BCUT2D eigenvalue weighted by Gasteiger charge is 2.15. The second-order valence-electron chi connectivity index (χ2n) is 8.25. The lowest BCUT2D eigenvalue weighted by Gasteiger charge is -2.02. The molecule has 0 unspecified atom stereocenters. The van der Waals surface area contributed by atoms with E-state index in [0.717, 1.165) is 33.8 Å². The van der Waals surface area contributed by atoms with Gasteiger partial charge < -0.3 is 4.74 Å². The molecule has 6 aromatic rings. The molecule has 3 heterocycles. The smallest absolute Gasteiger partial charge is 0.291 e. The van der Waals surface area contributed by atoms with E-state index in [0.29, 0.717) is 21.9 Å². The fourth-order valence-electron chi connectivity index (χ4n) is 3.98. The molecule has 3 aromatic heterocycles. The van der Waals surface area contributed by atoms with Crippen molar-refractivity contribution < 1.29 is 4.74 Å². The Morgan fingerprint density at radius 1 is 0.892 bits per heavy atom. The van der Waals surface area contributed by atoms with Crippen LogP contribution in [0, 0.1) is 0 Å². The maximum atomic E-state index is 13.3. The molecule has 0 N–H and O–H groups in total. The first kappa shape index (κ1) is 22.6. The average molecular weight is 504 g/mol. The molecule has 0 atom stereocenters. The van der Waals surface area contributed by atoms with Gasteiger partial charge in [-0.1, -0.05) is 72.5 Å². The minimum Gasteiger partial charge on any atom is -0.490 e. The molecule has 0 aliphatic heterocycles. The lowest BCUT2D eigenvalue weighted by atomic mass is 10.1. The average Bonchev–Trinajstić information content (AvgIpc) is 3.64. The van der Waals surface area contributed by atoms with Crippen LogP contribution in [0.15, 0.2) is 109 Å². The quantitative estimate of drug-likeness (QED) is 0.293. The van der Waals surface area contributed by atoms with Gasteiger partial charge in [-0.05, 0) is 42.5 Å². The van der Waals surface area contributed by atoms with E-state index in [2.05, 4.69) is 16.7 Å². The van der Waals surface area contributed by atoms with Crippen LogP contribution >= 0.6 is 11.3 Å². The molecular weight excluding hydrogens is 482 g/mol. The van der Waals surface area contributed by atoms with Gasteiger partial charge in [0.15, 0.2) is 5.82 Å². The first-order valence-corrected chi connectivity index (χ1v) is 12.5. The van der Waals surface area contributed by atoms with Gasteiger partial charge in [-0.2, -0.15) is 14.6 Å². The molecule has 0 saturated heterocycles. The Labute approximate surface area is 216 Å². The number of aromatic nitrogens is 5. The fourth-order valence-corrected chi connectivity index (χ4v) is 4.88. The highest BCUT2D eigenvalue weighted by Crippen LogP contribution is 2.25. The van der Waals surface area contributed by atoms with E-state index in [9.17, 15) is 4.79 Å². The van der Waals surface area contributed by atoms with Gasteiger partial charge in [0.2, 0.25) is 4.96 Å². The summed E-state index contributed by atoms with van der Waals surface area (Å²) in [6.07, 6.45) is 5.50. The van der Waals surface area contributed by atoms with Gasteiger partial charge >= 0.3 is 0 Å². The first-order valence-electron chi connectivity index (χ1n) is 11.7. The summed E-state index contributed by atoms with van der Waals surface area (Å²) in [5.74, 6) is 1.23. The molecule has 0 bridgehead atoms. The van der Waals surface area contributed by atoms with E-state index in [-0.39, 0.29) is 5.56 Å². The van der Waals surface area contributed by atoms with Crippen LogP contribution in [0.5, 0.6) is 5.75 Å². The topological polar surface area (TPSA) is 74.3 Å². The maximum absolute atomic E-state index is 13.3. The Morgan fingerprint density at radius 2 is 1.62 bits per heavy atom. The van der Waals surface area contributed by atoms with Crippen molar-refractivity contribution in [2.75, 3.05) is 6.61 Å². The highest BCUT2D eigenvalue weighted by molar-refractivity contribution is 7.15. The monoisotopic (exact) mass is 503 g/mol. The second-order valence-corrected chi connectivity index (χ2v) is 9.26. The zero-order chi connectivity index (χ0) is 25.2. The van der Waals surface area contributed by atoms with Crippen LogP contribution in [0.2, 0.25) is 0 Å². The molecule has 0 fully saturated rings. The molecule has 0 amide bonds. The number of nitrogens with zero attached hydrogens (tertiary/aromatic N) is 5. The van der Waals surface area contributed by atoms with Crippen LogP contribution in [0.3, 0.4) is 0 Å². The van der Waals surface area contributed by atoms with Crippen molar-refractivity contribution >= 4 is 22.4 Å². The van der Waals surface area contributed by atoms with Crippen molar-refractivity contribution in [1.29, 1.82) is 0 Å². The fraction of sp³-hybridized carbons (Fsp3) is 0.0345. The van der Waals surface area contributed by atoms with Crippen LogP contribution in [0.1, 0.15) is 5.56 Å². The van der Waals surface area contributed by atoms with Crippen LogP contribution < -0.4 is 14.8 Å². The molecule has 0 aliphatic rings. The summed E-state index contributed by atoms with van der Waals surface area (Å²) in [6.45, 7) is 4.09. The molecule has 37 heavy (non-hydrogen) atoms. The lowest BCUT2D eigenvalue weighted by molar-refractivity contribution is 0.363. The highest BCUT2D eigenvalue weighted by atomic mass is 32.1. The van der Waals surface area contributed by atoms with E-state index < -0.39 is 0 Å². The summed E-state index contributed by atoms with van der Waals surface area (Å²) >= 11 is 1.31. The van der Waals surface area contributed by atoms with Gasteiger partial charge in [0, 0.05) is 22.9 Å². The summed E-state index contributed by atoms with van der Waals surface area (Å²) in [7, 11) is 0. The van der Waals surface area contributed by atoms with Crippen molar-refractivity contribution in [3.8, 4) is 34.1 Å². The molecule has 0 saturated carbocycles. The van der Waals surface area contributed by atoms with E-state index in [1.165, 1.54) is 15.9 Å². The number of thiazole rings is 1. The zero-order valence-corrected chi connectivity index (χ0v) is 20.5.